The number of nitrogens with one attached hydrogen (secondary N) is 1. The highest BCUT2D eigenvalue weighted by Crippen LogP contribution is 2.34. The average Bonchev–Trinajstić information content (AvgIpc) is 3.01. The lowest BCUT2D eigenvalue weighted by Crippen LogP contribution is -1.82. The van der Waals surface area contributed by atoms with Gasteiger partial charge in [0.25, 0.3) is 0 Å². The molecule has 0 unspecified atom stereocenters. The van der Waals surface area contributed by atoms with Crippen molar-refractivity contribution in [3.63, 3.8) is 0 Å². The molecule has 1 aliphatic heterocycles. The van der Waals surface area contributed by atoms with E-state index in [0.717, 1.165) is 28.4 Å². The molecule has 75 valence electrons. The Balaban J connectivity index is 2.06. The second-order valence-electron chi connectivity index (χ2n) is 2.68. The van der Waals surface area contributed by atoms with Gasteiger partial charge in [0.2, 0.25) is 0 Å². The summed E-state index contributed by atoms with van der Waals surface area (Å²) in [4.78, 5) is 0.890. The number of aromatic nitrogens is 2. The molecule has 1 aliphatic rings. The van der Waals surface area contributed by atoms with E-state index in [0.29, 0.717) is 5.69 Å². The zero-order valence-corrected chi connectivity index (χ0v) is 8.89. The molecule has 0 bridgehead atoms. The van der Waals surface area contributed by atoms with E-state index in [9.17, 15) is 0 Å². The van der Waals surface area contributed by atoms with Crippen molar-refractivity contribution >= 4 is 29.5 Å². The zero-order chi connectivity index (χ0) is 10.1. The maximum Gasteiger partial charge on any atom is 0.176 e. The average molecular weight is 238 g/mol. The van der Waals surface area contributed by atoms with Gasteiger partial charge in [0.1, 0.15) is 23.0 Å². The Morgan fingerprint density at radius 1 is 1.47 bits per heavy atom. The smallest absolute Gasteiger partial charge is 0.176 e. The summed E-state index contributed by atoms with van der Waals surface area (Å²) in [6, 6.07) is 1.76. The van der Waals surface area contributed by atoms with Crippen molar-refractivity contribution in [2.24, 2.45) is 0 Å². The lowest BCUT2D eigenvalue weighted by Gasteiger charge is -1.97. The second-order valence-corrected chi connectivity index (χ2v) is 4.02. The molecule has 0 amide bonds. The fourth-order valence-corrected chi connectivity index (χ4v) is 2.31. The van der Waals surface area contributed by atoms with Crippen LogP contribution in [-0.2, 0) is 4.18 Å². The molecule has 2 aromatic heterocycles. The Bertz CT molecular complexity index is 492. The molecule has 1 radical (unpaired) electrons. The summed E-state index contributed by atoms with van der Waals surface area (Å²) in [5.74, 6) is 0.733. The van der Waals surface area contributed by atoms with Crippen LogP contribution in [0.25, 0.3) is 17.0 Å². The molecule has 3 heterocycles. The highest BCUT2D eigenvalue weighted by Gasteiger charge is 2.19. The SMILES string of the molecule is [c]1nsc(C2=CNSO2)c1-c1ccon1. The molecule has 0 atom stereocenters. The maximum absolute atomic E-state index is 5.29. The third-order valence-electron chi connectivity index (χ3n) is 1.81. The fraction of sp³-hybridized carbons (Fsp3) is 0. The van der Waals surface area contributed by atoms with Crippen LogP contribution in [0, 0.1) is 6.20 Å². The Hall–Kier alpha value is -1.47. The molecule has 0 saturated carbocycles. The number of hydrogen-bond donors (Lipinski definition) is 1. The minimum Gasteiger partial charge on any atom is -0.402 e. The standard InChI is InChI=1S/C8H4N3O2S2/c1-2-12-11-6(1)5-3-9-14-8(5)7-4-10-15-13-7/h1-2,4,10H. The van der Waals surface area contributed by atoms with Crippen LogP contribution >= 0.6 is 23.8 Å². The third-order valence-corrected chi connectivity index (χ3v) is 3.06. The zero-order valence-electron chi connectivity index (χ0n) is 7.26. The van der Waals surface area contributed by atoms with Gasteiger partial charge in [-0.15, -0.1) is 0 Å². The summed E-state index contributed by atoms with van der Waals surface area (Å²) >= 11 is 2.48. The Kier molecular flexibility index (Phi) is 2.11. The first kappa shape index (κ1) is 8.81. The Labute approximate surface area is 93.6 Å². The van der Waals surface area contributed by atoms with Gasteiger partial charge in [-0.1, -0.05) is 5.16 Å². The van der Waals surface area contributed by atoms with E-state index in [1.165, 1.54) is 17.8 Å². The first-order valence-corrected chi connectivity index (χ1v) is 5.54. The summed E-state index contributed by atoms with van der Waals surface area (Å²) in [5, 5.41) is 3.84. The summed E-state index contributed by atoms with van der Waals surface area (Å²) in [6.45, 7) is 0. The topological polar surface area (TPSA) is 60.2 Å². The van der Waals surface area contributed by atoms with Gasteiger partial charge in [0.15, 0.2) is 18.0 Å². The molecule has 0 saturated heterocycles. The van der Waals surface area contributed by atoms with Gasteiger partial charge in [-0.2, -0.15) is 4.37 Å². The van der Waals surface area contributed by atoms with Gasteiger partial charge in [-0.3, -0.25) is 4.72 Å². The van der Waals surface area contributed by atoms with Gasteiger partial charge in [-0.25, -0.2) is 0 Å². The molecule has 0 aromatic carbocycles. The van der Waals surface area contributed by atoms with E-state index in [2.05, 4.69) is 20.4 Å². The number of nitrogens with zero attached hydrogens (tertiary/aromatic N) is 2. The van der Waals surface area contributed by atoms with Crippen molar-refractivity contribution in [3.8, 4) is 11.3 Å². The number of hydrogen-bond acceptors (Lipinski definition) is 7. The molecule has 3 rings (SSSR count). The van der Waals surface area contributed by atoms with E-state index in [-0.39, 0.29) is 0 Å². The van der Waals surface area contributed by atoms with E-state index in [1.807, 2.05) is 0 Å². The van der Waals surface area contributed by atoms with E-state index in [4.69, 9.17) is 8.71 Å². The fourth-order valence-electron chi connectivity index (χ4n) is 1.17. The minimum absolute atomic E-state index is 0.708. The van der Waals surface area contributed by atoms with Gasteiger partial charge >= 0.3 is 0 Å². The van der Waals surface area contributed by atoms with Crippen LogP contribution in [0.15, 0.2) is 23.1 Å². The number of rotatable bonds is 2. The molecule has 2 aromatic rings. The minimum atomic E-state index is 0.708. The van der Waals surface area contributed by atoms with Gasteiger partial charge in [0, 0.05) is 6.07 Å². The van der Waals surface area contributed by atoms with Crippen LogP contribution in [0.1, 0.15) is 4.88 Å². The lowest BCUT2D eigenvalue weighted by atomic mass is 10.2. The highest BCUT2D eigenvalue weighted by molar-refractivity contribution is 7.93. The van der Waals surface area contributed by atoms with Crippen LogP contribution in [-0.4, -0.2) is 9.53 Å². The van der Waals surface area contributed by atoms with Crippen LogP contribution in [0.3, 0.4) is 0 Å². The summed E-state index contributed by atoms with van der Waals surface area (Å²) in [6.07, 6.45) is 6.16. The van der Waals surface area contributed by atoms with Crippen LogP contribution in [0.4, 0.5) is 0 Å². The van der Waals surface area contributed by atoms with Crippen molar-refractivity contribution < 1.29 is 8.71 Å². The van der Waals surface area contributed by atoms with Crippen LogP contribution in [0.5, 0.6) is 0 Å². The van der Waals surface area contributed by atoms with Gasteiger partial charge in [-0.05, 0) is 11.5 Å². The third kappa shape index (κ3) is 1.49. The maximum atomic E-state index is 5.29. The quantitative estimate of drug-likeness (QED) is 0.638. The Morgan fingerprint density at radius 3 is 3.20 bits per heavy atom. The second kappa shape index (κ2) is 3.59. The molecular formula is C8H4N3O2S2. The largest absolute Gasteiger partial charge is 0.402 e. The summed E-state index contributed by atoms with van der Waals surface area (Å²) < 4.78 is 17.0. The molecule has 7 heteroatoms. The predicted molar refractivity (Wildman–Crippen MR) is 56.2 cm³/mol. The summed E-state index contributed by atoms with van der Waals surface area (Å²) in [5.41, 5.74) is 1.50. The van der Waals surface area contributed by atoms with Gasteiger partial charge in [0.05, 0.1) is 11.8 Å². The van der Waals surface area contributed by atoms with E-state index >= 15 is 0 Å². The van der Waals surface area contributed by atoms with Crippen molar-refractivity contribution in [3.05, 3.63) is 29.6 Å². The van der Waals surface area contributed by atoms with Crippen molar-refractivity contribution in [2.45, 2.75) is 0 Å². The normalized spacial score (nSPS) is 14.5. The highest BCUT2D eigenvalue weighted by atomic mass is 32.2. The molecule has 5 nitrogen and oxygen atoms in total. The molecule has 1 N–H and O–H groups in total. The van der Waals surface area contributed by atoms with Gasteiger partial charge < -0.3 is 8.71 Å². The van der Waals surface area contributed by atoms with Crippen LogP contribution in [0.2, 0.25) is 0 Å². The monoisotopic (exact) mass is 238 g/mol. The van der Waals surface area contributed by atoms with Crippen molar-refractivity contribution in [2.75, 3.05) is 0 Å². The first-order valence-electron chi connectivity index (χ1n) is 4.03. The lowest BCUT2D eigenvalue weighted by molar-refractivity contribution is 0.422. The van der Waals surface area contributed by atoms with Crippen molar-refractivity contribution in [1.82, 2.24) is 14.3 Å². The van der Waals surface area contributed by atoms with E-state index < -0.39 is 0 Å². The molecule has 0 fully saturated rings. The molecular weight excluding hydrogens is 234 g/mol. The molecule has 0 spiro atoms. The molecule has 0 aliphatic carbocycles. The molecule has 15 heavy (non-hydrogen) atoms. The summed E-state index contributed by atoms with van der Waals surface area (Å²) in [7, 11) is 0. The first-order chi connectivity index (χ1) is 7.45. The Morgan fingerprint density at radius 2 is 2.47 bits per heavy atom. The predicted octanol–water partition coefficient (Wildman–Crippen LogP) is 2.08. The van der Waals surface area contributed by atoms with Crippen molar-refractivity contribution in [1.29, 1.82) is 0 Å². The van der Waals surface area contributed by atoms with Crippen LogP contribution < -0.4 is 4.72 Å². The van der Waals surface area contributed by atoms with E-state index in [1.54, 1.807) is 12.3 Å².